The third-order valence-corrected chi connectivity index (χ3v) is 4.45. The summed E-state index contributed by atoms with van der Waals surface area (Å²) in [6.07, 6.45) is 2.02. The van der Waals surface area contributed by atoms with E-state index in [-0.39, 0.29) is 17.1 Å². The minimum atomic E-state index is -0.539. The maximum absolute atomic E-state index is 12.5. The molecule has 27 heavy (non-hydrogen) atoms. The fourth-order valence-electron chi connectivity index (χ4n) is 2.71. The van der Waals surface area contributed by atoms with Gasteiger partial charge in [-0.15, -0.1) is 0 Å². The highest BCUT2D eigenvalue weighted by molar-refractivity contribution is 5.78. The van der Waals surface area contributed by atoms with Gasteiger partial charge in [-0.25, -0.2) is 4.79 Å². The number of carbonyl (C=O) groups is 2. The molecular formula is C22H36N2O3. The Morgan fingerprint density at radius 2 is 1.74 bits per heavy atom. The van der Waals surface area contributed by atoms with Crippen LogP contribution >= 0.6 is 0 Å². The van der Waals surface area contributed by atoms with Crippen molar-refractivity contribution >= 4 is 11.9 Å². The SMILES string of the molecule is CC(C)(CN)CCC(=O)C[C@H](CNC(=O)OC(C)(C)C)Cc1ccccc1. The Morgan fingerprint density at radius 3 is 2.30 bits per heavy atom. The summed E-state index contributed by atoms with van der Waals surface area (Å²) in [5.41, 5.74) is 6.34. The first-order valence-corrected chi connectivity index (χ1v) is 9.73. The van der Waals surface area contributed by atoms with Crippen molar-refractivity contribution in [3.05, 3.63) is 35.9 Å². The molecule has 3 N–H and O–H groups in total. The number of Topliss-reactive ketones (excluding diaryl/α,β-unsaturated/α-hetero) is 1. The number of amides is 1. The minimum absolute atomic E-state index is 0.0284. The van der Waals surface area contributed by atoms with Crippen molar-refractivity contribution in [3.63, 3.8) is 0 Å². The number of ether oxygens (including phenoxy) is 1. The highest BCUT2D eigenvalue weighted by atomic mass is 16.6. The predicted octanol–water partition coefficient (Wildman–Crippen LogP) is 4.09. The standard InChI is InChI=1S/C22H36N2O3/c1-21(2,3)27-20(26)24-15-18(13-17-9-7-6-8-10-17)14-19(25)11-12-22(4,5)16-23/h6-10,18H,11-16,23H2,1-5H3,(H,24,26)/t18-/m1/s1. The van der Waals surface area contributed by atoms with Crippen LogP contribution in [0.1, 0.15) is 59.4 Å². The molecule has 1 rings (SSSR count). The summed E-state index contributed by atoms with van der Waals surface area (Å²) in [7, 11) is 0. The molecule has 0 aliphatic rings. The molecular weight excluding hydrogens is 340 g/mol. The second-order valence-corrected chi connectivity index (χ2v) is 9.05. The number of alkyl carbamates (subject to hydrolysis) is 1. The number of hydrogen-bond donors (Lipinski definition) is 2. The summed E-state index contributed by atoms with van der Waals surface area (Å²) in [5.74, 6) is 0.247. The van der Waals surface area contributed by atoms with Crippen LogP contribution in [0.25, 0.3) is 0 Å². The van der Waals surface area contributed by atoms with Crippen LogP contribution in [0.3, 0.4) is 0 Å². The Kier molecular flexibility index (Phi) is 8.97. The van der Waals surface area contributed by atoms with E-state index in [9.17, 15) is 9.59 Å². The van der Waals surface area contributed by atoms with Gasteiger partial charge in [-0.05, 0) is 57.1 Å². The van der Waals surface area contributed by atoms with Crippen LogP contribution in [-0.4, -0.2) is 30.6 Å². The van der Waals surface area contributed by atoms with Crippen molar-refractivity contribution in [2.45, 2.75) is 65.9 Å². The third-order valence-electron chi connectivity index (χ3n) is 4.45. The van der Waals surface area contributed by atoms with Gasteiger partial charge in [0.2, 0.25) is 0 Å². The van der Waals surface area contributed by atoms with Crippen LogP contribution in [0.5, 0.6) is 0 Å². The number of rotatable bonds is 10. The zero-order chi connectivity index (χ0) is 20.5. The largest absolute Gasteiger partial charge is 0.444 e. The molecule has 152 valence electrons. The van der Waals surface area contributed by atoms with Gasteiger partial charge in [0.05, 0.1) is 0 Å². The van der Waals surface area contributed by atoms with Crippen LogP contribution in [0, 0.1) is 11.3 Å². The van der Waals surface area contributed by atoms with Gasteiger partial charge in [-0.1, -0.05) is 44.2 Å². The number of nitrogens with two attached hydrogens (primary N) is 1. The zero-order valence-corrected chi connectivity index (χ0v) is 17.5. The molecule has 5 heteroatoms. The van der Waals surface area contributed by atoms with Crippen molar-refractivity contribution in [1.29, 1.82) is 0 Å². The van der Waals surface area contributed by atoms with Crippen LogP contribution < -0.4 is 11.1 Å². The summed E-state index contributed by atoms with van der Waals surface area (Å²) in [5, 5.41) is 2.82. The van der Waals surface area contributed by atoms with E-state index in [4.69, 9.17) is 10.5 Å². The summed E-state index contributed by atoms with van der Waals surface area (Å²) in [6, 6.07) is 10.0. The normalized spacial score (nSPS) is 13.1. The van der Waals surface area contributed by atoms with Gasteiger partial charge in [-0.3, -0.25) is 4.79 Å². The summed E-state index contributed by atoms with van der Waals surface area (Å²) in [4.78, 5) is 24.5. The van der Waals surface area contributed by atoms with E-state index in [2.05, 4.69) is 19.2 Å². The van der Waals surface area contributed by atoms with Gasteiger partial charge in [0.25, 0.3) is 0 Å². The Balaban J connectivity index is 2.64. The molecule has 0 fully saturated rings. The van der Waals surface area contributed by atoms with Crippen LogP contribution in [0.15, 0.2) is 30.3 Å². The molecule has 0 heterocycles. The highest BCUT2D eigenvalue weighted by Gasteiger charge is 2.21. The van der Waals surface area contributed by atoms with E-state index in [0.29, 0.717) is 25.9 Å². The molecule has 0 saturated carbocycles. The number of nitrogens with one attached hydrogen (secondary N) is 1. The molecule has 0 unspecified atom stereocenters. The predicted molar refractivity (Wildman–Crippen MR) is 110 cm³/mol. The van der Waals surface area contributed by atoms with Crippen molar-refractivity contribution in [3.8, 4) is 0 Å². The van der Waals surface area contributed by atoms with E-state index < -0.39 is 11.7 Å². The van der Waals surface area contributed by atoms with Gasteiger partial charge >= 0.3 is 6.09 Å². The van der Waals surface area contributed by atoms with Gasteiger partial charge in [0.15, 0.2) is 0 Å². The molecule has 0 saturated heterocycles. The van der Waals surface area contributed by atoms with Gasteiger partial charge < -0.3 is 15.8 Å². The minimum Gasteiger partial charge on any atom is -0.444 e. The molecule has 5 nitrogen and oxygen atoms in total. The van der Waals surface area contributed by atoms with E-state index >= 15 is 0 Å². The van der Waals surface area contributed by atoms with Crippen molar-refractivity contribution in [1.82, 2.24) is 5.32 Å². The third kappa shape index (κ3) is 10.8. The Labute approximate surface area is 164 Å². The Morgan fingerprint density at radius 1 is 1.11 bits per heavy atom. The van der Waals surface area contributed by atoms with E-state index in [1.165, 1.54) is 0 Å². The average molecular weight is 377 g/mol. The molecule has 1 amide bonds. The molecule has 1 atom stereocenters. The molecule has 0 bridgehead atoms. The van der Waals surface area contributed by atoms with E-state index in [1.54, 1.807) is 0 Å². The summed E-state index contributed by atoms with van der Waals surface area (Å²) in [6.45, 7) is 10.6. The first-order valence-electron chi connectivity index (χ1n) is 9.73. The van der Waals surface area contributed by atoms with Gasteiger partial charge in [0.1, 0.15) is 11.4 Å². The van der Waals surface area contributed by atoms with Gasteiger partial charge in [0, 0.05) is 19.4 Å². The maximum atomic E-state index is 12.5. The van der Waals surface area contributed by atoms with Crippen molar-refractivity contribution in [2.24, 2.45) is 17.1 Å². The van der Waals surface area contributed by atoms with E-state index in [0.717, 1.165) is 18.4 Å². The second-order valence-electron chi connectivity index (χ2n) is 9.05. The first kappa shape index (κ1) is 23.2. The maximum Gasteiger partial charge on any atom is 0.407 e. The zero-order valence-electron chi connectivity index (χ0n) is 17.5. The monoisotopic (exact) mass is 376 g/mol. The fraction of sp³-hybridized carbons (Fsp3) is 0.636. The van der Waals surface area contributed by atoms with Crippen LogP contribution in [-0.2, 0) is 16.0 Å². The second kappa shape index (κ2) is 10.5. The van der Waals surface area contributed by atoms with Crippen molar-refractivity contribution in [2.75, 3.05) is 13.1 Å². The van der Waals surface area contributed by atoms with Crippen molar-refractivity contribution < 1.29 is 14.3 Å². The van der Waals surface area contributed by atoms with Crippen LogP contribution in [0.4, 0.5) is 4.79 Å². The molecule has 0 radical (unpaired) electrons. The molecule has 0 aromatic heterocycles. The first-order chi connectivity index (χ1) is 12.5. The molecule has 1 aromatic carbocycles. The number of carbonyl (C=O) groups excluding carboxylic acids is 2. The average Bonchev–Trinajstić information content (AvgIpc) is 2.57. The smallest absolute Gasteiger partial charge is 0.407 e. The lowest BCUT2D eigenvalue weighted by Crippen LogP contribution is -2.36. The molecule has 0 aliphatic carbocycles. The number of hydrogen-bond acceptors (Lipinski definition) is 4. The topological polar surface area (TPSA) is 81.4 Å². The number of ketones is 1. The summed E-state index contributed by atoms with van der Waals surface area (Å²) < 4.78 is 5.30. The number of benzene rings is 1. The lowest BCUT2D eigenvalue weighted by Gasteiger charge is -2.23. The van der Waals surface area contributed by atoms with E-state index in [1.807, 2.05) is 51.1 Å². The summed E-state index contributed by atoms with van der Waals surface area (Å²) >= 11 is 0. The Bertz CT molecular complexity index is 591. The lowest BCUT2D eigenvalue weighted by atomic mass is 9.85. The Hall–Kier alpha value is -1.88. The molecule has 0 spiro atoms. The lowest BCUT2D eigenvalue weighted by molar-refractivity contribution is -0.120. The highest BCUT2D eigenvalue weighted by Crippen LogP contribution is 2.22. The fourth-order valence-corrected chi connectivity index (χ4v) is 2.71. The molecule has 1 aromatic rings. The molecule has 0 aliphatic heterocycles. The van der Waals surface area contributed by atoms with Gasteiger partial charge in [-0.2, -0.15) is 0 Å². The quantitative estimate of drug-likeness (QED) is 0.644. The van der Waals surface area contributed by atoms with Crippen LogP contribution in [0.2, 0.25) is 0 Å².